The number of hydrogen-bond acceptors (Lipinski definition) is 1. The minimum absolute atomic E-state index is 0.0547. The van der Waals surface area contributed by atoms with E-state index in [9.17, 15) is 5.11 Å². The van der Waals surface area contributed by atoms with Gasteiger partial charge in [0.25, 0.3) is 0 Å². The first-order valence-corrected chi connectivity index (χ1v) is 6.82. The predicted octanol–water partition coefficient (Wildman–Crippen LogP) is 3.39. The van der Waals surface area contributed by atoms with Gasteiger partial charge in [0.1, 0.15) is 0 Å². The Morgan fingerprint density at radius 2 is 2.00 bits per heavy atom. The molecule has 0 spiro atoms. The summed E-state index contributed by atoms with van der Waals surface area (Å²) in [6.45, 7) is 9.35. The van der Waals surface area contributed by atoms with Gasteiger partial charge in [0, 0.05) is 0 Å². The summed E-state index contributed by atoms with van der Waals surface area (Å²) >= 11 is 0. The van der Waals surface area contributed by atoms with E-state index in [1.165, 1.54) is 12.8 Å². The monoisotopic (exact) mass is 220 g/mol. The highest BCUT2D eigenvalue weighted by Crippen LogP contribution is 2.69. The molecule has 2 unspecified atom stereocenters. The summed E-state index contributed by atoms with van der Waals surface area (Å²) in [5.41, 5.74) is 3.75. The van der Waals surface area contributed by atoms with Crippen LogP contribution in [0.25, 0.3) is 0 Å². The SMILES string of the molecule is CC1=C2[C@@H](CC1)C(C)CC(O)[C@H]1[C@@H]2C1(C)C. The van der Waals surface area contributed by atoms with Gasteiger partial charge < -0.3 is 5.11 Å². The van der Waals surface area contributed by atoms with E-state index in [2.05, 4.69) is 27.7 Å². The van der Waals surface area contributed by atoms with Gasteiger partial charge >= 0.3 is 0 Å². The van der Waals surface area contributed by atoms with E-state index < -0.39 is 0 Å². The van der Waals surface area contributed by atoms with Gasteiger partial charge in [-0.1, -0.05) is 31.9 Å². The molecule has 0 aliphatic heterocycles. The Kier molecular flexibility index (Phi) is 2.12. The molecule has 0 aromatic heterocycles. The molecular weight excluding hydrogens is 196 g/mol. The van der Waals surface area contributed by atoms with Crippen molar-refractivity contribution in [2.24, 2.45) is 29.1 Å². The molecule has 0 bridgehead atoms. The van der Waals surface area contributed by atoms with E-state index in [0.29, 0.717) is 23.2 Å². The maximum absolute atomic E-state index is 10.3. The molecule has 3 aliphatic rings. The van der Waals surface area contributed by atoms with Crippen molar-refractivity contribution in [3.63, 3.8) is 0 Å². The first-order chi connectivity index (χ1) is 7.44. The maximum atomic E-state index is 10.3. The van der Waals surface area contributed by atoms with Crippen LogP contribution in [0.4, 0.5) is 0 Å². The molecule has 16 heavy (non-hydrogen) atoms. The molecule has 0 aromatic rings. The normalized spacial score (nSPS) is 49.7. The number of fused-ring (bicyclic) bond motifs is 3. The van der Waals surface area contributed by atoms with Gasteiger partial charge in [0.15, 0.2) is 0 Å². The second kappa shape index (κ2) is 3.13. The number of aliphatic hydroxyl groups is 1. The Balaban J connectivity index is 2.02. The van der Waals surface area contributed by atoms with Crippen molar-refractivity contribution >= 4 is 0 Å². The van der Waals surface area contributed by atoms with Gasteiger partial charge in [-0.2, -0.15) is 0 Å². The lowest BCUT2D eigenvalue weighted by atomic mass is 9.82. The number of hydrogen-bond donors (Lipinski definition) is 1. The first kappa shape index (κ1) is 10.8. The summed E-state index contributed by atoms with van der Waals surface area (Å²) in [6, 6.07) is 0. The van der Waals surface area contributed by atoms with Crippen molar-refractivity contribution in [3.8, 4) is 0 Å². The Bertz CT molecular complexity index is 352. The quantitative estimate of drug-likeness (QED) is 0.620. The fourth-order valence-corrected chi connectivity index (χ4v) is 4.76. The fourth-order valence-electron chi connectivity index (χ4n) is 4.76. The topological polar surface area (TPSA) is 20.2 Å². The summed E-state index contributed by atoms with van der Waals surface area (Å²) in [5, 5.41) is 10.3. The summed E-state index contributed by atoms with van der Waals surface area (Å²) in [5.74, 6) is 2.71. The third-order valence-corrected chi connectivity index (χ3v) is 5.68. The van der Waals surface area contributed by atoms with Crippen LogP contribution in [-0.4, -0.2) is 11.2 Å². The molecule has 3 aliphatic carbocycles. The zero-order chi connectivity index (χ0) is 11.7. The Morgan fingerprint density at radius 3 is 2.69 bits per heavy atom. The smallest absolute Gasteiger partial charge is 0.0582 e. The summed E-state index contributed by atoms with van der Waals surface area (Å²) < 4.78 is 0. The lowest BCUT2D eigenvalue weighted by Crippen LogP contribution is -2.20. The molecule has 0 aromatic carbocycles. The highest BCUT2D eigenvalue weighted by Gasteiger charge is 2.65. The lowest BCUT2D eigenvalue weighted by molar-refractivity contribution is 0.106. The molecule has 0 saturated heterocycles. The van der Waals surface area contributed by atoms with E-state index in [1.54, 1.807) is 11.1 Å². The first-order valence-electron chi connectivity index (χ1n) is 6.82. The van der Waals surface area contributed by atoms with Crippen LogP contribution in [-0.2, 0) is 0 Å². The molecule has 3 rings (SSSR count). The van der Waals surface area contributed by atoms with Gasteiger partial charge in [-0.25, -0.2) is 0 Å². The van der Waals surface area contributed by atoms with Crippen molar-refractivity contribution in [2.75, 3.05) is 0 Å². The fraction of sp³-hybridized carbons (Fsp3) is 0.867. The highest BCUT2D eigenvalue weighted by molar-refractivity contribution is 5.35. The number of rotatable bonds is 0. The minimum atomic E-state index is -0.0547. The van der Waals surface area contributed by atoms with Crippen molar-refractivity contribution in [1.29, 1.82) is 0 Å². The van der Waals surface area contributed by atoms with Crippen LogP contribution >= 0.6 is 0 Å². The van der Waals surface area contributed by atoms with Gasteiger partial charge in [-0.05, 0) is 55.3 Å². The number of aliphatic hydroxyl groups excluding tert-OH is 1. The molecule has 2 fully saturated rings. The highest BCUT2D eigenvalue weighted by atomic mass is 16.3. The molecular formula is C15H24O. The minimum Gasteiger partial charge on any atom is -0.393 e. The molecule has 0 radical (unpaired) electrons. The summed E-state index contributed by atoms with van der Waals surface area (Å²) in [4.78, 5) is 0. The van der Waals surface area contributed by atoms with Crippen LogP contribution in [0, 0.1) is 29.1 Å². The van der Waals surface area contributed by atoms with Crippen LogP contribution in [0.5, 0.6) is 0 Å². The average Bonchev–Trinajstić information content (AvgIpc) is 2.58. The van der Waals surface area contributed by atoms with Crippen LogP contribution in [0.3, 0.4) is 0 Å². The van der Waals surface area contributed by atoms with Crippen molar-refractivity contribution in [1.82, 2.24) is 0 Å². The maximum Gasteiger partial charge on any atom is 0.0582 e. The second-order valence-corrected chi connectivity index (χ2v) is 6.99. The van der Waals surface area contributed by atoms with Crippen LogP contribution in [0.15, 0.2) is 11.1 Å². The van der Waals surface area contributed by atoms with Crippen molar-refractivity contribution < 1.29 is 5.11 Å². The van der Waals surface area contributed by atoms with Crippen molar-refractivity contribution in [3.05, 3.63) is 11.1 Å². The lowest BCUT2D eigenvalue weighted by Gasteiger charge is -2.24. The Morgan fingerprint density at radius 1 is 1.31 bits per heavy atom. The summed E-state index contributed by atoms with van der Waals surface area (Å²) in [7, 11) is 0. The molecule has 1 N–H and O–H groups in total. The molecule has 1 heteroatoms. The van der Waals surface area contributed by atoms with Gasteiger partial charge in [-0.15, -0.1) is 0 Å². The number of allylic oxidation sites excluding steroid dienone is 2. The third-order valence-electron chi connectivity index (χ3n) is 5.68. The van der Waals surface area contributed by atoms with Gasteiger partial charge in [0.05, 0.1) is 6.10 Å². The van der Waals surface area contributed by atoms with Crippen LogP contribution in [0.1, 0.15) is 47.0 Å². The zero-order valence-corrected chi connectivity index (χ0v) is 11.0. The molecule has 1 nitrogen and oxygen atoms in total. The van der Waals surface area contributed by atoms with Crippen molar-refractivity contribution in [2.45, 2.75) is 53.1 Å². The Labute approximate surface area is 98.9 Å². The molecule has 0 amide bonds. The molecule has 5 atom stereocenters. The second-order valence-electron chi connectivity index (χ2n) is 6.99. The van der Waals surface area contributed by atoms with E-state index in [0.717, 1.165) is 12.3 Å². The predicted molar refractivity (Wildman–Crippen MR) is 66.0 cm³/mol. The van der Waals surface area contributed by atoms with E-state index in [4.69, 9.17) is 0 Å². The molecule has 0 heterocycles. The largest absolute Gasteiger partial charge is 0.393 e. The zero-order valence-electron chi connectivity index (χ0n) is 11.0. The summed E-state index contributed by atoms with van der Waals surface area (Å²) in [6.07, 6.45) is 3.61. The average molecular weight is 220 g/mol. The Hall–Kier alpha value is -0.300. The van der Waals surface area contributed by atoms with E-state index in [1.807, 2.05) is 0 Å². The van der Waals surface area contributed by atoms with Crippen LogP contribution in [0.2, 0.25) is 0 Å². The van der Waals surface area contributed by atoms with Gasteiger partial charge in [0.2, 0.25) is 0 Å². The van der Waals surface area contributed by atoms with Crippen LogP contribution < -0.4 is 0 Å². The molecule has 2 saturated carbocycles. The molecule has 90 valence electrons. The van der Waals surface area contributed by atoms with Gasteiger partial charge in [-0.3, -0.25) is 0 Å². The van der Waals surface area contributed by atoms with E-state index in [-0.39, 0.29) is 6.10 Å². The third kappa shape index (κ3) is 1.21. The standard InChI is InChI=1S/C15H24O/c1-8-5-6-10-9(2)7-11(16)13-14(12(8)10)15(13,3)4/h9-11,13-14,16H,5-7H2,1-4H3/t9?,10-,11?,13-,14+/m0/s1. The van der Waals surface area contributed by atoms with E-state index >= 15 is 0 Å².